The number of ether oxygens (including phenoxy) is 2. The van der Waals surface area contributed by atoms with Gasteiger partial charge in [0.15, 0.2) is 0 Å². The SMILES string of the molecule is CCOc1cc(OCCC2CCCNC2)ncn1. The summed E-state index contributed by atoms with van der Waals surface area (Å²) in [5.41, 5.74) is 0. The second kappa shape index (κ2) is 7.16. The Hall–Kier alpha value is -1.36. The lowest BCUT2D eigenvalue weighted by Crippen LogP contribution is -2.30. The Morgan fingerprint density at radius 3 is 2.89 bits per heavy atom. The molecule has 1 aliphatic rings. The second-order valence-electron chi connectivity index (χ2n) is 4.48. The zero-order valence-corrected chi connectivity index (χ0v) is 10.9. The van der Waals surface area contributed by atoms with Crippen molar-refractivity contribution in [1.82, 2.24) is 15.3 Å². The van der Waals surface area contributed by atoms with Crippen molar-refractivity contribution in [3.63, 3.8) is 0 Å². The molecule has 5 nitrogen and oxygen atoms in total. The molecule has 0 aliphatic carbocycles. The molecule has 1 fully saturated rings. The highest BCUT2D eigenvalue weighted by molar-refractivity contribution is 5.18. The normalized spacial score (nSPS) is 19.5. The van der Waals surface area contributed by atoms with Crippen molar-refractivity contribution in [2.75, 3.05) is 26.3 Å². The van der Waals surface area contributed by atoms with E-state index in [2.05, 4.69) is 15.3 Å². The van der Waals surface area contributed by atoms with Gasteiger partial charge in [0, 0.05) is 0 Å². The largest absolute Gasteiger partial charge is 0.478 e. The smallest absolute Gasteiger partial charge is 0.220 e. The molecule has 18 heavy (non-hydrogen) atoms. The fourth-order valence-electron chi connectivity index (χ4n) is 2.13. The van der Waals surface area contributed by atoms with Crippen LogP contribution in [0.3, 0.4) is 0 Å². The van der Waals surface area contributed by atoms with Crippen molar-refractivity contribution in [3.8, 4) is 11.8 Å². The highest BCUT2D eigenvalue weighted by Gasteiger charge is 2.12. The molecule has 0 spiro atoms. The predicted octanol–water partition coefficient (Wildman–Crippen LogP) is 1.64. The van der Waals surface area contributed by atoms with Crippen LogP contribution < -0.4 is 14.8 Å². The lowest BCUT2D eigenvalue weighted by Gasteiger charge is -2.22. The van der Waals surface area contributed by atoms with Crippen LogP contribution >= 0.6 is 0 Å². The lowest BCUT2D eigenvalue weighted by atomic mass is 9.97. The molecule has 2 heterocycles. The number of hydrogen-bond donors (Lipinski definition) is 1. The average molecular weight is 251 g/mol. The number of aromatic nitrogens is 2. The maximum absolute atomic E-state index is 5.64. The van der Waals surface area contributed by atoms with Crippen LogP contribution in [0.1, 0.15) is 26.2 Å². The first-order valence-electron chi connectivity index (χ1n) is 6.67. The van der Waals surface area contributed by atoms with E-state index >= 15 is 0 Å². The Bertz CT molecular complexity index is 354. The zero-order chi connectivity index (χ0) is 12.6. The lowest BCUT2D eigenvalue weighted by molar-refractivity contribution is 0.244. The van der Waals surface area contributed by atoms with E-state index in [1.54, 1.807) is 6.07 Å². The maximum atomic E-state index is 5.64. The molecule has 1 unspecified atom stereocenters. The van der Waals surface area contributed by atoms with Gasteiger partial charge in [-0.2, -0.15) is 0 Å². The fourth-order valence-corrected chi connectivity index (χ4v) is 2.13. The summed E-state index contributed by atoms with van der Waals surface area (Å²) in [6, 6.07) is 1.74. The Morgan fingerprint density at radius 1 is 1.33 bits per heavy atom. The van der Waals surface area contributed by atoms with Crippen LogP contribution in [0.4, 0.5) is 0 Å². The molecule has 1 aliphatic heterocycles. The van der Waals surface area contributed by atoms with Crippen molar-refractivity contribution >= 4 is 0 Å². The van der Waals surface area contributed by atoms with Crippen molar-refractivity contribution in [3.05, 3.63) is 12.4 Å². The van der Waals surface area contributed by atoms with Crippen LogP contribution in [0.5, 0.6) is 11.8 Å². The molecule has 0 radical (unpaired) electrons. The van der Waals surface area contributed by atoms with Gasteiger partial charge >= 0.3 is 0 Å². The predicted molar refractivity (Wildman–Crippen MR) is 68.9 cm³/mol. The fraction of sp³-hybridized carbons (Fsp3) is 0.692. The number of hydrogen-bond acceptors (Lipinski definition) is 5. The Balaban J connectivity index is 1.73. The van der Waals surface area contributed by atoms with Gasteiger partial charge < -0.3 is 14.8 Å². The molecule has 2 rings (SSSR count). The van der Waals surface area contributed by atoms with Gasteiger partial charge in [-0.25, -0.2) is 9.97 Å². The maximum Gasteiger partial charge on any atom is 0.220 e. The Labute approximate surface area is 108 Å². The third kappa shape index (κ3) is 4.14. The van der Waals surface area contributed by atoms with E-state index < -0.39 is 0 Å². The van der Waals surface area contributed by atoms with Gasteiger partial charge in [0.2, 0.25) is 11.8 Å². The van der Waals surface area contributed by atoms with Crippen molar-refractivity contribution < 1.29 is 9.47 Å². The molecule has 1 saturated heterocycles. The molecular formula is C13H21N3O2. The van der Waals surface area contributed by atoms with Gasteiger partial charge in [0.05, 0.1) is 19.3 Å². The molecule has 0 saturated carbocycles. The van der Waals surface area contributed by atoms with Crippen molar-refractivity contribution in [1.29, 1.82) is 0 Å². The van der Waals surface area contributed by atoms with E-state index in [1.165, 1.54) is 19.2 Å². The summed E-state index contributed by atoms with van der Waals surface area (Å²) in [5, 5.41) is 3.41. The summed E-state index contributed by atoms with van der Waals surface area (Å²) < 4.78 is 10.9. The summed E-state index contributed by atoms with van der Waals surface area (Å²) in [4.78, 5) is 8.08. The standard InChI is InChI=1S/C13H21N3O2/c1-2-17-12-8-13(16-10-15-12)18-7-5-11-4-3-6-14-9-11/h8,10-11,14H,2-7,9H2,1H3. The summed E-state index contributed by atoms with van der Waals surface area (Å²) in [6.07, 6.45) is 5.11. The number of rotatable bonds is 6. The molecular weight excluding hydrogens is 230 g/mol. The number of piperidine rings is 1. The summed E-state index contributed by atoms with van der Waals surface area (Å²) in [7, 11) is 0. The molecule has 1 aromatic rings. The Kier molecular flexibility index (Phi) is 5.20. The van der Waals surface area contributed by atoms with E-state index in [4.69, 9.17) is 9.47 Å². The average Bonchev–Trinajstić information content (AvgIpc) is 2.41. The molecule has 1 atom stereocenters. The minimum atomic E-state index is 0.571. The topological polar surface area (TPSA) is 56.3 Å². The second-order valence-corrected chi connectivity index (χ2v) is 4.48. The highest BCUT2D eigenvalue weighted by atomic mass is 16.5. The van der Waals surface area contributed by atoms with Gasteiger partial charge in [-0.05, 0) is 45.2 Å². The highest BCUT2D eigenvalue weighted by Crippen LogP contribution is 2.16. The summed E-state index contributed by atoms with van der Waals surface area (Å²) in [6.45, 7) is 5.50. The third-order valence-electron chi connectivity index (χ3n) is 3.08. The van der Waals surface area contributed by atoms with Crippen LogP contribution in [0.15, 0.2) is 12.4 Å². The van der Waals surface area contributed by atoms with Crippen LogP contribution in [-0.4, -0.2) is 36.3 Å². The van der Waals surface area contributed by atoms with Crippen LogP contribution in [0.2, 0.25) is 0 Å². The molecule has 0 bridgehead atoms. The van der Waals surface area contributed by atoms with E-state index in [0.717, 1.165) is 25.4 Å². The van der Waals surface area contributed by atoms with Crippen molar-refractivity contribution in [2.45, 2.75) is 26.2 Å². The van der Waals surface area contributed by atoms with Gasteiger partial charge in [0.1, 0.15) is 6.33 Å². The van der Waals surface area contributed by atoms with Crippen LogP contribution in [-0.2, 0) is 0 Å². The molecule has 0 aromatic carbocycles. The van der Waals surface area contributed by atoms with E-state index in [1.807, 2.05) is 6.92 Å². The molecule has 5 heteroatoms. The minimum Gasteiger partial charge on any atom is -0.478 e. The van der Waals surface area contributed by atoms with E-state index in [9.17, 15) is 0 Å². The monoisotopic (exact) mass is 251 g/mol. The third-order valence-corrected chi connectivity index (χ3v) is 3.08. The minimum absolute atomic E-state index is 0.571. The number of nitrogens with one attached hydrogen (secondary N) is 1. The van der Waals surface area contributed by atoms with Gasteiger partial charge in [0.25, 0.3) is 0 Å². The zero-order valence-electron chi connectivity index (χ0n) is 10.9. The molecule has 100 valence electrons. The van der Waals surface area contributed by atoms with Crippen LogP contribution in [0.25, 0.3) is 0 Å². The molecule has 0 amide bonds. The van der Waals surface area contributed by atoms with Gasteiger partial charge in [-0.15, -0.1) is 0 Å². The van der Waals surface area contributed by atoms with Crippen molar-refractivity contribution in [2.24, 2.45) is 5.92 Å². The first-order chi connectivity index (χ1) is 8.88. The first-order valence-corrected chi connectivity index (χ1v) is 6.67. The molecule has 1 aromatic heterocycles. The van der Waals surface area contributed by atoms with E-state index in [-0.39, 0.29) is 0 Å². The Morgan fingerprint density at radius 2 is 2.17 bits per heavy atom. The summed E-state index contributed by atoms with van der Waals surface area (Å²) in [5.74, 6) is 1.89. The van der Waals surface area contributed by atoms with Crippen LogP contribution in [0, 0.1) is 5.92 Å². The number of nitrogens with zero attached hydrogens (tertiary/aromatic N) is 2. The molecule has 1 N–H and O–H groups in total. The summed E-state index contributed by atoms with van der Waals surface area (Å²) >= 11 is 0. The van der Waals surface area contributed by atoms with Gasteiger partial charge in [-0.3, -0.25) is 0 Å². The first kappa shape index (κ1) is 13.1. The van der Waals surface area contributed by atoms with E-state index in [0.29, 0.717) is 25.0 Å². The van der Waals surface area contributed by atoms with Gasteiger partial charge in [-0.1, -0.05) is 0 Å². The quantitative estimate of drug-likeness (QED) is 0.833.